The van der Waals surface area contributed by atoms with E-state index in [1.54, 1.807) is 6.07 Å². The van der Waals surface area contributed by atoms with Gasteiger partial charge in [-0.2, -0.15) is 0 Å². The third kappa shape index (κ3) is 3.16. The average Bonchev–Trinajstić information content (AvgIpc) is 2.50. The molecular weight excluding hydrogens is 280 g/mol. The molecule has 0 atom stereocenters. The van der Waals surface area contributed by atoms with E-state index in [0.717, 1.165) is 29.2 Å². The van der Waals surface area contributed by atoms with E-state index in [2.05, 4.69) is 0 Å². The molecule has 0 aliphatic heterocycles. The molecule has 0 aliphatic carbocycles. The Kier molecular flexibility index (Phi) is 5.26. The lowest BCUT2D eigenvalue weighted by Gasteiger charge is -2.17. The van der Waals surface area contributed by atoms with E-state index in [0.29, 0.717) is 24.7 Å². The standard InChI is InChI=1S/C18H22O4/c1-4-9-21-15-11-14(18(19)20)17(22-10-5-2)13-8-6-7-12(3)16(13)15/h6-8,11H,4-5,9-10H2,1-3H3,(H,19,20). The van der Waals surface area contributed by atoms with Gasteiger partial charge < -0.3 is 14.6 Å². The molecule has 0 heterocycles. The monoisotopic (exact) mass is 302 g/mol. The minimum absolute atomic E-state index is 0.151. The normalized spacial score (nSPS) is 10.7. The first-order valence-corrected chi connectivity index (χ1v) is 7.65. The quantitative estimate of drug-likeness (QED) is 0.822. The number of rotatable bonds is 7. The van der Waals surface area contributed by atoms with Crippen LogP contribution < -0.4 is 9.47 Å². The Morgan fingerprint density at radius 2 is 1.82 bits per heavy atom. The summed E-state index contributed by atoms with van der Waals surface area (Å²) in [4.78, 5) is 11.6. The number of ether oxygens (including phenoxy) is 2. The first-order valence-electron chi connectivity index (χ1n) is 7.65. The molecule has 0 fully saturated rings. The van der Waals surface area contributed by atoms with Gasteiger partial charge in [-0.05, 0) is 31.4 Å². The molecule has 0 radical (unpaired) electrons. The van der Waals surface area contributed by atoms with Crippen molar-refractivity contribution in [3.8, 4) is 11.5 Å². The van der Waals surface area contributed by atoms with Gasteiger partial charge in [-0.25, -0.2) is 4.79 Å². The molecule has 0 bridgehead atoms. The molecule has 0 unspecified atom stereocenters. The summed E-state index contributed by atoms with van der Waals surface area (Å²) in [5.41, 5.74) is 1.19. The summed E-state index contributed by atoms with van der Waals surface area (Å²) in [6.45, 7) is 7.04. The lowest BCUT2D eigenvalue weighted by Crippen LogP contribution is -2.07. The number of carbonyl (C=O) groups is 1. The van der Waals surface area contributed by atoms with Gasteiger partial charge in [-0.1, -0.05) is 32.0 Å². The molecule has 118 valence electrons. The third-order valence-corrected chi connectivity index (χ3v) is 3.43. The molecule has 2 aromatic rings. The Morgan fingerprint density at radius 3 is 2.45 bits per heavy atom. The Bertz CT molecular complexity index is 676. The second-order valence-electron chi connectivity index (χ2n) is 5.25. The van der Waals surface area contributed by atoms with E-state index in [1.807, 2.05) is 39.0 Å². The zero-order valence-corrected chi connectivity index (χ0v) is 13.3. The van der Waals surface area contributed by atoms with Gasteiger partial charge in [0.2, 0.25) is 0 Å². The number of aromatic carboxylic acids is 1. The molecule has 0 saturated heterocycles. The second kappa shape index (κ2) is 7.16. The maximum Gasteiger partial charge on any atom is 0.339 e. The smallest absolute Gasteiger partial charge is 0.339 e. The molecule has 4 heteroatoms. The fourth-order valence-corrected chi connectivity index (χ4v) is 2.44. The first kappa shape index (κ1) is 16.1. The summed E-state index contributed by atoms with van der Waals surface area (Å²) >= 11 is 0. The molecule has 0 aromatic heterocycles. The van der Waals surface area contributed by atoms with Gasteiger partial charge in [-0.15, -0.1) is 0 Å². The van der Waals surface area contributed by atoms with Crippen molar-refractivity contribution in [2.45, 2.75) is 33.6 Å². The van der Waals surface area contributed by atoms with Gasteiger partial charge in [0.05, 0.1) is 13.2 Å². The molecule has 4 nitrogen and oxygen atoms in total. The lowest BCUT2D eigenvalue weighted by atomic mass is 10.00. The van der Waals surface area contributed by atoms with Crippen LogP contribution in [0.1, 0.15) is 42.6 Å². The van der Waals surface area contributed by atoms with Gasteiger partial charge in [0.15, 0.2) is 0 Å². The third-order valence-electron chi connectivity index (χ3n) is 3.43. The van der Waals surface area contributed by atoms with Crippen LogP contribution in [0.2, 0.25) is 0 Å². The van der Waals surface area contributed by atoms with E-state index in [4.69, 9.17) is 9.47 Å². The minimum Gasteiger partial charge on any atom is -0.493 e. The van der Waals surface area contributed by atoms with Gasteiger partial charge >= 0.3 is 5.97 Å². The number of hydrogen-bond acceptors (Lipinski definition) is 3. The summed E-state index contributed by atoms with van der Waals surface area (Å²) in [6.07, 6.45) is 1.68. The molecule has 0 spiro atoms. The maximum atomic E-state index is 11.6. The first-order chi connectivity index (χ1) is 10.6. The zero-order chi connectivity index (χ0) is 16.1. The summed E-state index contributed by atoms with van der Waals surface area (Å²) in [5, 5.41) is 11.2. The van der Waals surface area contributed by atoms with Crippen molar-refractivity contribution < 1.29 is 19.4 Å². The molecule has 2 rings (SSSR count). The van der Waals surface area contributed by atoms with E-state index >= 15 is 0 Å². The van der Waals surface area contributed by atoms with E-state index in [1.165, 1.54) is 0 Å². The largest absolute Gasteiger partial charge is 0.493 e. The highest BCUT2D eigenvalue weighted by atomic mass is 16.5. The van der Waals surface area contributed by atoms with Crippen molar-refractivity contribution in [1.82, 2.24) is 0 Å². The van der Waals surface area contributed by atoms with Gasteiger partial charge in [0.25, 0.3) is 0 Å². The number of carboxylic acids is 1. The zero-order valence-electron chi connectivity index (χ0n) is 13.3. The van der Waals surface area contributed by atoms with Crippen molar-refractivity contribution >= 4 is 16.7 Å². The Labute approximate surface area is 130 Å². The molecule has 22 heavy (non-hydrogen) atoms. The van der Waals surface area contributed by atoms with Crippen molar-refractivity contribution in [3.05, 3.63) is 35.4 Å². The Balaban J connectivity index is 2.72. The predicted octanol–water partition coefficient (Wildman–Crippen LogP) is 4.42. The van der Waals surface area contributed by atoms with Crippen LogP contribution in [0, 0.1) is 6.92 Å². The average molecular weight is 302 g/mol. The van der Waals surface area contributed by atoms with Crippen LogP contribution in [0.4, 0.5) is 0 Å². The number of benzene rings is 2. The second-order valence-corrected chi connectivity index (χ2v) is 5.25. The summed E-state index contributed by atoms with van der Waals surface area (Å²) in [7, 11) is 0. The fourth-order valence-electron chi connectivity index (χ4n) is 2.44. The van der Waals surface area contributed by atoms with Gasteiger partial charge in [0.1, 0.15) is 17.1 Å². The maximum absolute atomic E-state index is 11.6. The van der Waals surface area contributed by atoms with Crippen LogP contribution in [-0.4, -0.2) is 24.3 Å². The van der Waals surface area contributed by atoms with E-state index < -0.39 is 5.97 Å². The van der Waals surface area contributed by atoms with Crippen LogP contribution in [0.5, 0.6) is 11.5 Å². The Morgan fingerprint density at radius 1 is 1.14 bits per heavy atom. The van der Waals surface area contributed by atoms with Crippen LogP contribution in [-0.2, 0) is 0 Å². The van der Waals surface area contributed by atoms with Crippen LogP contribution in [0.3, 0.4) is 0 Å². The molecular formula is C18H22O4. The number of fused-ring (bicyclic) bond motifs is 1. The number of carboxylic acid groups (broad SMARTS) is 1. The van der Waals surface area contributed by atoms with Crippen molar-refractivity contribution in [1.29, 1.82) is 0 Å². The van der Waals surface area contributed by atoms with E-state index in [-0.39, 0.29) is 5.56 Å². The molecule has 2 aromatic carbocycles. The highest BCUT2D eigenvalue weighted by Gasteiger charge is 2.20. The van der Waals surface area contributed by atoms with Crippen LogP contribution >= 0.6 is 0 Å². The number of aryl methyl sites for hydroxylation is 1. The molecule has 0 saturated carbocycles. The summed E-state index contributed by atoms with van der Waals surface area (Å²) < 4.78 is 11.5. The minimum atomic E-state index is -1.00. The Hall–Kier alpha value is -2.23. The summed E-state index contributed by atoms with van der Waals surface area (Å²) in [5.74, 6) is 0.0314. The van der Waals surface area contributed by atoms with Crippen LogP contribution in [0.25, 0.3) is 10.8 Å². The van der Waals surface area contributed by atoms with Crippen molar-refractivity contribution in [3.63, 3.8) is 0 Å². The van der Waals surface area contributed by atoms with Crippen molar-refractivity contribution in [2.24, 2.45) is 0 Å². The van der Waals surface area contributed by atoms with Crippen LogP contribution in [0.15, 0.2) is 24.3 Å². The highest BCUT2D eigenvalue weighted by molar-refractivity contribution is 6.04. The highest BCUT2D eigenvalue weighted by Crippen LogP contribution is 2.39. The van der Waals surface area contributed by atoms with Gasteiger partial charge in [-0.3, -0.25) is 0 Å². The SMILES string of the molecule is CCCOc1c(C(=O)O)cc(OCCC)c2c(C)cccc12. The molecule has 0 aliphatic rings. The van der Waals surface area contributed by atoms with Crippen molar-refractivity contribution in [2.75, 3.05) is 13.2 Å². The molecule has 1 N–H and O–H groups in total. The molecule has 0 amide bonds. The lowest BCUT2D eigenvalue weighted by molar-refractivity contribution is 0.0692. The summed E-state index contributed by atoms with van der Waals surface area (Å²) in [6, 6.07) is 7.37. The number of hydrogen-bond donors (Lipinski definition) is 1. The topological polar surface area (TPSA) is 55.8 Å². The predicted molar refractivity (Wildman–Crippen MR) is 87.2 cm³/mol. The van der Waals surface area contributed by atoms with E-state index in [9.17, 15) is 9.90 Å². The fraction of sp³-hybridized carbons (Fsp3) is 0.389. The van der Waals surface area contributed by atoms with Gasteiger partial charge in [0, 0.05) is 10.8 Å².